The number of aromatic nitrogens is 2. The van der Waals surface area contributed by atoms with Crippen LogP contribution in [0, 0.1) is 5.92 Å². The van der Waals surface area contributed by atoms with Gasteiger partial charge in [-0.2, -0.15) is 4.98 Å². The predicted molar refractivity (Wildman–Crippen MR) is 57.4 cm³/mol. The molecule has 1 aliphatic carbocycles. The van der Waals surface area contributed by atoms with Crippen LogP contribution in [0.5, 0.6) is 0 Å². The second kappa shape index (κ2) is 4.75. The van der Waals surface area contributed by atoms with E-state index in [1.165, 1.54) is 25.7 Å². The van der Waals surface area contributed by atoms with Gasteiger partial charge in [0.1, 0.15) is 0 Å². The molecule has 1 N–H and O–H groups in total. The Bertz CT molecular complexity index is 303. The third kappa shape index (κ3) is 2.56. The molecule has 0 spiro atoms. The predicted octanol–water partition coefficient (Wildman–Crippen LogP) is 2.08. The lowest BCUT2D eigenvalue weighted by atomic mass is 9.83. The molecule has 0 atom stereocenters. The average molecular weight is 209 g/mol. The highest BCUT2D eigenvalue weighted by atomic mass is 16.5. The number of nitrogens with zero attached hydrogens (tertiary/aromatic N) is 2. The van der Waals surface area contributed by atoms with E-state index >= 15 is 0 Å². The molecule has 1 aliphatic rings. The Morgan fingerprint density at radius 2 is 2.07 bits per heavy atom. The smallest absolute Gasteiger partial charge is 0.229 e. The highest BCUT2D eigenvalue weighted by Gasteiger charge is 2.24. The maximum Gasteiger partial charge on any atom is 0.229 e. The fourth-order valence-electron chi connectivity index (χ4n) is 2.17. The summed E-state index contributed by atoms with van der Waals surface area (Å²) in [4.78, 5) is 4.41. The molecule has 1 saturated carbocycles. The van der Waals surface area contributed by atoms with Gasteiger partial charge in [-0.3, -0.25) is 0 Å². The lowest BCUT2D eigenvalue weighted by Gasteiger charge is -2.23. The van der Waals surface area contributed by atoms with Gasteiger partial charge in [0.05, 0.1) is 6.54 Å². The highest BCUT2D eigenvalue weighted by molar-refractivity contribution is 4.95. The summed E-state index contributed by atoms with van der Waals surface area (Å²) in [5.74, 6) is 2.97. The first kappa shape index (κ1) is 10.6. The van der Waals surface area contributed by atoms with Crippen LogP contribution >= 0.6 is 0 Å². The van der Waals surface area contributed by atoms with E-state index in [4.69, 9.17) is 4.52 Å². The second-order valence-corrected chi connectivity index (χ2v) is 4.54. The van der Waals surface area contributed by atoms with Gasteiger partial charge >= 0.3 is 0 Å². The molecule has 1 fully saturated rings. The molecule has 4 nitrogen and oxygen atoms in total. The quantitative estimate of drug-likeness (QED) is 0.828. The monoisotopic (exact) mass is 209 g/mol. The van der Waals surface area contributed by atoms with Crippen molar-refractivity contribution in [2.75, 3.05) is 7.05 Å². The topological polar surface area (TPSA) is 51.0 Å². The molecule has 2 rings (SSSR count). The fourth-order valence-corrected chi connectivity index (χ4v) is 2.17. The Kier molecular flexibility index (Phi) is 3.36. The Morgan fingerprint density at radius 3 is 2.73 bits per heavy atom. The van der Waals surface area contributed by atoms with E-state index in [1.807, 2.05) is 7.05 Å². The minimum absolute atomic E-state index is 0.499. The number of hydrogen-bond acceptors (Lipinski definition) is 4. The summed E-state index contributed by atoms with van der Waals surface area (Å²) in [7, 11) is 1.89. The number of hydrogen-bond donors (Lipinski definition) is 1. The van der Waals surface area contributed by atoms with Gasteiger partial charge < -0.3 is 9.84 Å². The van der Waals surface area contributed by atoms with Gasteiger partial charge in [-0.05, 0) is 38.6 Å². The van der Waals surface area contributed by atoms with Crippen molar-refractivity contribution < 1.29 is 4.52 Å². The Morgan fingerprint density at radius 1 is 1.33 bits per heavy atom. The minimum Gasteiger partial charge on any atom is -0.339 e. The molecule has 4 heteroatoms. The first-order chi connectivity index (χ1) is 7.29. The summed E-state index contributed by atoms with van der Waals surface area (Å²) in [5.41, 5.74) is 0. The fraction of sp³-hybridized carbons (Fsp3) is 0.818. The molecule has 1 heterocycles. The molecule has 0 bridgehead atoms. The van der Waals surface area contributed by atoms with Crippen LogP contribution in [0.2, 0.25) is 0 Å². The summed E-state index contributed by atoms with van der Waals surface area (Å²) in [5, 5.41) is 6.97. The van der Waals surface area contributed by atoms with E-state index in [0.717, 1.165) is 17.6 Å². The van der Waals surface area contributed by atoms with Crippen LogP contribution < -0.4 is 5.32 Å². The van der Waals surface area contributed by atoms with Crippen molar-refractivity contribution in [3.8, 4) is 0 Å². The van der Waals surface area contributed by atoms with Gasteiger partial charge in [0.25, 0.3) is 0 Å². The Hall–Kier alpha value is -0.900. The zero-order valence-corrected chi connectivity index (χ0v) is 9.49. The van der Waals surface area contributed by atoms with Crippen LogP contribution in [-0.4, -0.2) is 17.2 Å². The third-order valence-corrected chi connectivity index (χ3v) is 3.18. The first-order valence-electron chi connectivity index (χ1n) is 5.76. The maximum atomic E-state index is 5.29. The lowest BCUT2D eigenvalue weighted by Crippen LogP contribution is -2.11. The zero-order valence-electron chi connectivity index (χ0n) is 9.49. The molecule has 0 unspecified atom stereocenters. The van der Waals surface area contributed by atoms with E-state index in [9.17, 15) is 0 Å². The molecule has 0 aromatic carbocycles. The van der Waals surface area contributed by atoms with Gasteiger partial charge in [-0.1, -0.05) is 12.1 Å². The SMILES string of the molecule is CNCc1noc(C2CCC(C)CC2)n1. The summed E-state index contributed by atoms with van der Waals surface area (Å²) in [6.07, 6.45) is 4.97. The molecule has 84 valence electrons. The van der Waals surface area contributed by atoms with Crippen LogP contribution in [0.4, 0.5) is 0 Å². The van der Waals surface area contributed by atoms with Crippen molar-refractivity contribution in [2.45, 2.75) is 45.1 Å². The van der Waals surface area contributed by atoms with Crippen molar-refractivity contribution in [3.05, 3.63) is 11.7 Å². The minimum atomic E-state index is 0.499. The number of nitrogens with one attached hydrogen (secondary N) is 1. The second-order valence-electron chi connectivity index (χ2n) is 4.54. The molecule has 15 heavy (non-hydrogen) atoms. The maximum absolute atomic E-state index is 5.29. The van der Waals surface area contributed by atoms with Crippen molar-refractivity contribution in [1.82, 2.24) is 15.5 Å². The Balaban J connectivity index is 1.96. The zero-order chi connectivity index (χ0) is 10.7. The lowest BCUT2D eigenvalue weighted by molar-refractivity contribution is 0.280. The van der Waals surface area contributed by atoms with E-state index in [-0.39, 0.29) is 0 Å². The van der Waals surface area contributed by atoms with Gasteiger partial charge in [0.15, 0.2) is 5.82 Å². The van der Waals surface area contributed by atoms with E-state index in [0.29, 0.717) is 12.5 Å². The van der Waals surface area contributed by atoms with Crippen LogP contribution in [0.15, 0.2) is 4.52 Å². The summed E-state index contributed by atoms with van der Waals surface area (Å²) in [6.45, 7) is 3.00. The van der Waals surface area contributed by atoms with Crippen molar-refractivity contribution in [1.29, 1.82) is 0 Å². The van der Waals surface area contributed by atoms with E-state index < -0.39 is 0 Å². The molecular formula is C11H19N3O. The van der Waals surface area contributed by atoms with E-state index in [2.05, 4.69) is 22.4 Å². The summed E-state index contributed by atoms with van der Waals surface area (Å²) < 4.78 is 5.29. The number of rotatable bonds is 3. The molecule has 0 radical (unpaired) electrons. The largest absolute Gasteiger partial charge is 0.339 e. The summed E-state index contributed by atoms with van der Waals surface area (Å²) >= 11 is 0. The van der Waals surface area contributed by atoms with Gasteiger partial charge in [-0.25, -0.2) is 0 Å². The van der Waals surface area contributed by atoms with Gasteiger partial charge in [0, 0.05) is 5.92 Å². The summed E-state index contributed by atoms with van der Waals surface area (Å²) in [6, 6.07) is 0. The van der Waals surface area contributed by atoms with E-state index in [1.54, 1.807) is 0 Å². The van der Waals surface area contributed by atoms with Crippen molar-refractivity contribution >= 4 is 0 Å². The molecule has 1 aromatic rings. The van der Waals surface area contributed by atoms with Gasteiger partial charge in [0.2, 0.25) is 5.89 Å². The normalized spacial score (nSPS) is 26.8. The molecule has 0 saturated heterocycles. The van der Waals surface area contributed by atoms with Gasteiger partial charge in [-0.15, -0.1) is 0 Å². The van der Waals surface area contributed by atoms with Crippen LogP contribution in [-0.2, 0) is 6.54 Å². The van der Waals surface area contributed by atoms with Crippen molar-refractivity contribution in [3.63, 3.8) is 0 Å². The molecular weight excluding hydrogens is 190 g/mol. The van der Waals surface area contributed by atoms with Crippen LogP contribution in [0.25, 0.3) is 0 Å². The molecule has 0 amide bonds. The van der Waals surface area contributed by atoms with Crippen LogP contribution in [0.1, 0.15) is 50.2 Å². The third-order valence-electron chi connectivity index (χ3n) is 3.18. The average Bonchev–Trinajstić information content (AvgIpc) is 2.68. The Labute approximate surface area is 90.4 Å². The van der Waals surface area contributed by atoms with Crippen molar-refractivity contribution in [2.24, 2.45) is 5.92 Å². The molecule has 0 aliphatic heterocycles. The first-order valence-corrected chi connectivity index (χ1v) is 5.76. The standard InChI is InChI=1S/C11H19N3O/c1-8-3-5-9(6-4-8)11-13-10(7-12-2)14-15-11/h8-9,12H,3-7H2,1-2H3. The highest BCUT2D eigenvalue weighted by Crippen LogP contribution is 2.34. The van der Waals surface area contributed by atoms with Crippen LogP contribution in [0.3, 0.4) is 0 Å². The molecule has 1 aromatic heterocycles.